The van der Waals surface area contributed by atoms with Crippen molar-refractivity contribution in [1.82, 2.24) is 0 Å². The van der Waals surface area contributed by atoms with Gasteiger partial charge in [-0.15, -0.1) is 0 Å². The van der Waals surface area contributed by atoms with Crippen LogP contribution in [0.3, 0.4) is 0 Å². The van der Waals surface area contributed by atoms with Gasteiger partial charge in [-0.25, -0.2) is 4.39 Å². The minimum atomic E-state index is -0.424. The Balaban J connectivity index is 2.04. The van der Waals surface area contributed by atoms with Gasteiger partial charge in [-0.2, -0.15) is 0 Å². The van der Waals surface area contributed by atoms with Crippen LogP contribution in [0.4, 0.5) is 4.39 Å². The van der Waals surface area contributed by atoms with Gasteiger partial charge in [0.1, 0.15) is 11.4 Å². The highest BCUT2D eigenvalue weighted by molar-refractivity contribution is 6.03. The monoisotopic (exact) mass is 233 g/mol. The number of hydrogen-bond donors (Lipinski definition) is 1. The van der Waals surface area contributed by atoms with Crippen molar-refractivity contribution in [2.24, 2.45) is 11.1 Å². The number of ketones is 1. The molecule has 0 unspecified atom stereocenters. The van der Waals surface area contributed by atoms with Crippen LogP contribution in [0.5, 0.6) is 0 Å². The molecule has 1 fully saturated rings. The number of hydrogen-bond acceptors (Lipinski definition) is 3. The Morgan fingerprint density at radius 3 is 2.82 bits per heavy atom. The van der Waals surface area contributed by atoms with E-state index in [-0.39, 0.29) is 17.4 Å². The second-order valence-electron chi connectivity index (χ2n) is 4.61. The van der Waals surface area contributed by atoms with E-state index < -0.39 is 5.41 Å². The van der Waals surface area contributed by atoms with Gasteiger partial charge in [-0.05, 0) is 37.1 Å². The zero-order valence-electron chi connectivity index (χ0n) is 9.20. The highest BCUT2D eigenvalue weighted by Crippen LogP contribution is 2.47. The molecule has 1 aliphatic carbocycles. The molecule has 1 aliphatic rings. The number of Topliss-reactive ketones (excluding diaryl/α,β-unsaturated/α-hetero) is 1. The minimum Gasteiger partial charge on any atom is -0.453 e. The van der Waals surface area contributed by atoms with Crippen LogP contribution in [0, 0.1) is 11.2 Å². The number of nitrogens with two attached hydrogens (primary N) is 1. The SMILES string of the molecule is NCC1(C(=O)c2cc3cc(F)ccc3o2)CC1. The lowest BCUT2D eigenvalue weighted by atomic mass is 9.99. The van der Waals surface area contributed by atoms with Crippen LogP contribution in [0.15, 0.2) is 28.7 Å². The molecule has 2 N–H and O–H groups in total. The lowest BCUT2D eigenvalue weighted by Gasteiger charge is -2.07. The summed E-state index contributed by atoms with van der Waals surface area (Å²) >= 11 is 0. The van der Waals surface area contributed by atoms with Crippen molar-refractivity contribution < 1.29 is 13.6 Å². The van der Waals surface area contributed by atoms with Crippen molar-refractivity contribution in [2.75, 3.05) is 6.54 Å². The largest absolute Gasteiger partial charge is 0.453 e. The summed E-state index contributed by atoms with van der Waals surface area (Å²) in [6.45, 7) is 0.344. The average molecular weight is 233 g/mol. The third-order valence-corrected chi connectivity index (χ3v) is 3.43. The van der Waals surface area contributed by atoms with E-state index in [9.17, 15) is 9.18 Å². The summed E-state index contributed by atoms with van der Waals surface area (Å²) in [4.78, 5) is 12.1. The van der Waals surface area contributed by atoms with Crippen molar-refractivity contribution in [3.8, 4) is 0 Å². The van der Waals surface area contributed by atoms with Crippen molar-refractivity contribution in [3.05, 3.63) is 35.8 Å². The molecule has 0 spiro atoms. The molecule has 2 aromatic rings. The Hall–Kier alpha value is -1.68. The van der Waals surface area contributed by atoms with E-state index in [4.69, 9.17) is 10.2 Å². The van der Waals surface area contributed by atoms with E-state index >= 15 is 0 Å². The van der Waals surface area contributed by atoms with Gasteiger partial charge in [0.15, 0.2) is 5.76 Å². The molecule has 3 rings (SSSR count). The predicted octanol–water partition coefficient (Wildman–Crippen LogP) is 2.49. The van der Waals surface area contributed by atoms with Gasteiger partial charge in [-0.1, -0.05) is 0 Å². The highest BCUT2D eigenvalue weighted by atomic mass is 19.1. The van der Waals surface area contributed by atoms with Crippen LogP contribution in [0.25, 0.3) is 11.0 Å². The third kappa shape index (κ3) is 1.56. The van der Waals surface area contributed by atoms with Gasteiger partial charge >= 0.3 is 0 Å². The highest BCUT2D eigenvalue weighted by Gasteiger charge is 2.49. The first kappa shape index (κ1) is 10.5. The lowest BCUT2D eigenvalue weighted by Crippen LogP contribution is -2.24. The molecule has 0 radical (unpaired) electrons. The molecule has 1 aromatic heterocycles. The summed E-state index contributed by atoms with van der Waals surface area (Å²) in [6.07, 6.45) is 1.63. The Labute approximate surface area is 97.4 Å². The van der Waals surface area contributed by atoms with Crippen molar-refractivity contribution in [3.63, 3.8) is 0 Å². The van der Waals surface area contributed by atoms with Crippen LogP contribution in [-0.2, 0) is 0 Å². The molecule has 1 aromatic carbocycles. The van der Waals surface area contributed by atoms with Crippen LogP contribution in [0.1, 0.15) is 23.4 Å². The maximum atomic E-state index is 13.0. The van der Waals surface area contributed by atoms with E-state index in [1.54, 1.807) is 6.07 Å². The zero-order valence-corrected chi connectivity index (χ0v) is 9.20. The quantitative estimate of drug-likeness (QED) is 0.828. The zero-order chi connectivity index (χ0) is 12.0. The number of carbonyl (C=O) groups excluding carboxylic acids is 1. The number of carbonyl (C=O) groups is 1. The molecule has 17 heavy (non-hydrogen) atoms. The number of rotatable bonds is 3. The van der Waals surface area contributed by atoms with Crippen molar-refractivity contribution in [2.45, 2.75) is 12.8 Å². The first-order valence-electron chi connectivity index (χ1n) is 5.59. The van der Waals surface area contributed by atoms with E-state index in [0.29, 0.717) is 17.5 Å². The van der Waals surface area contributed by atoms with E-state index in [2.05, 4.69) is 0 Å². The number of halogens is 1. The Morgan fingerprint density at radius 2 is 2.18 bits per heavy atom. The molecule has 88 valence electrons. The Bertz CT molecular complexity index is 598. The molecule has 0 amide bonds. The molecule has 1 heterocycles. The number of fused-ring (bicyclic) bond motifs is 1. The van der Waals surface area contributed by atoms with E-state index in [1.165, 1.54) is 18.2 Å². The lowest BCUT2D eigenvalue weighted by molar-refractivity contribution is 0.0879. The standard InChI is InChI=1S/C13H12FNO2/c14-9-1-2-10-8(5-9)6-11(17-10)12(16)13(7-15)3-4-13/h1-2,5-6H,3-4,7,15H2. The first-order chi connectivity index (χ1) is 8.14. The molecule has 0 aliphatic heterocycles. The Kier molecular flexibility index (Phi) is 2.10. The maximum absolute atomic E-state index is 13.0. The summed E-state index contributed by atoms with van der Waals surface area (Å²) < 4.78 is 18.5. The van der Waals surface area contributed by atoms with Gasteiger partial charge < -0.3 is 10.2 Å². The van der Waals surface area contributed by atoms with Crippen molar-refractivity contribution >= 4 is 16.8 Å². The summed E-state index contributed by atoms with van der Waals surface area (Å²) in [6, 6.07) is 5.80. The molecule has 0 saturated heterocycles. The molecular formula is C13H12FNO2. The minimum absolute atomic E-state index is 0.0587. The van der Waals surface area contributed by atoms with Crippen LogP contribution < -0.4 is 5.73 Å². The van der Waals surface area contributed by atoms with Crippen LogP contribution in [0.2, 0.25) is 0 Å². The third-order valence-electron chi connectivity index (χ3n) is 3.43. The van der Waals surface area contributed by atoms with Crippen molar-refractivity contribution in [1.29, 1.82) is 0 Å². The summed E-state index contributed by atoms with van der Waals surface area (Å²) in [5, 5.41) is 0.612. The topological polar surface area (TPSA) is 56.2 Å². The fraction of sp³-hybridized carbons (Fsp3) is 0.308. The summed E-state index contributed by atoms with van der Waals surface area (Å²) in [5.41, 5.74) is 5.71. The summed E-state index contributed by atoms with van der Waals surface area (Å²) in [5.74, 6) is -0.109. The second-order valence-corrected chi connectivity index (χ2v) is 4.61. The molecule has 0 atom stereocenters. The first-order valence-corrected chi connectivity index (χ1v) is 5.59. The summed E-state index contributed by atoms with van der Waals surface area (Å²) in [7, 11) is 0. The molecule has 0 bridgehead atoms. The normalized spacial score (nSPS) is 17.3. The molecular weight excluding hydrogens is 221 g/mol. The van der Waals surface area contributed by atoms with Gasteiger partial charge in [0.2, 0.25) is 5.78 Å². The predicted molar refractivity (Wildman–Crippen MR) is 61.2 cm³/mol. The van der Waals surface area contributed by atoms with Gasteiger partial charge in [-0.3, -0.25) is 4.79 Å². The smallest absolute Gasteiger partial charge is 0.205 e. The Morgan fingerprint density at radius 1 is 1.41 bits per heavy atom. The number of benzene rings is 1. The maximum Gasteiger partial charge on any atom is 0.205 e. The fourth-order valence-corrected chi connectivity index (χ4v) is 2.06. The van der Waals surface area contributed by atoms with E-state index in [0.717, 1.165) is 12.8 Å². The second kappa shape index (κ2) is 3.40. The molecule has 4 heteroatoms. The van der Waals surface area contributed by atoms with Gasteiger partial charge in [0.25, 0.3) is 0 Å². The average Bonchev–Trinajstić information content (AvgIpc) is 3.02. The van der Waals surface area contributed by atoms with Crippen LogP contribution >= 0.6 is 0 Å². The molecule has 3 nitrogen and oxygen atoms in total. The molecule has 1 saturated carbocycles. The number of furan rings is 1. The fourth-order valence-electron chi connectivity index (χ4n) is 2.06. The van der Waals surface area contributed by atoms with Gasteiger partial charge in [0, 0.05) is 17.3 Å². The van der Waals surface area contributed by atoms with Gasteiger partial charge in [0.05, 0.1) is 0 Å². The van der Waals surface area contributed by atoms with Crippen LogP contribution in [-0.4, -0.2) is 12.3 Å². The van der Waals surface area contributed by atoms with E-state index in [1.807, 2.05) is 0 Å².